The third-order valence-corrected chi connectivity index (χ3v) is 6.01. The number of carboxylic acid groups (broad SMARTS) is 1. The maximum Gasteiger partial charge on any atom is 0.339 e. The number of hydrogen-bond donors (Lipinski definition) is 4. The molecule has 1 saturated carbocycles. The van der Waals surface area contributed by atoms with Crippen molar-refractivity contribution in [2.45, 2.75) is 37.1 Å². The molecule has 0 amide bonds. The third-order valence-electron chi connectivity index (χ3n) is 6.01. The van der Waals surface area contributed by atoms with Crippen LogP contribution in [0.2, 0.25) is 5.82 Å². The van der Waals surface area contributed by atoms with Crippen LogP contribution in [0.4, 0.5) is 0 Å². The molecular weight excluding hydrogens is 351 g/mol. The lowest BCUT2D eigenvalue weighted by atomic mass is 9.45. The molecule has 9 nitrogen and oxygen atoms in total. The van der Waals surface area contributed by atoms with E-state index in [1.165, 1.54) is 6.33 Å². The number of nitrogens with one attached hydrogen (secondary N) is 1. The zero-order valence-electron chi connectivity index (χ0n) is 14.6. The highest BCUT2D eigenvalue weighted by molar-refractivity contribution is 6.67. The zero-order valence-corrected chi connectivity index (χ0v) is 14.6. The van der Waals surface area contributed by atoms with Crippen molar-refractivity contribution in [2.24, 2.45) is 0 Å². The zero-order chi connectivity index (χ0) is 18.8. The Bertz CT molecular complexity index is 897. The number of aromatic carboxylic acids is 1. The number of H-pyrrole nitrogens is 1. The van der Waals surface area contributed by atoms with Crippen molar-refractivity contribution in [1.29, 1.82) is 0 Å². The van der Waals surface area contributed by atoms with Crippen LogP contribution in [0.3, 0.4) is 0 Å². The first kappa shape index (κ1) is 16.7. The summed E-state index contributed by atoms with van der Waals surface area (Å²) in [5.41, 5.74) is 1.51. The van der Waals surface area contributed by atoms with Crippen LogP contribution in [-0.4, -0.2) is 67.0 Å². The number of hydrogen-bond acceptors (Lipinski definition) is 7. The van der Waals surface area contributed by atoms with E-state index < -0.39 is 12.5 Å². The molecule has 2 aromatic rings. The number of carboxylic acids is 1. The van der Waals surface area contributed by atoms with Gasteiger partial charge in [0, 0.05) is 13.1 Å². The summed E-state index contributed by atoms with van der Waals surface area (Å²) in [5.74, 6) is -0.0993. The summed E-state index contributed by atoms with van der Waals surface area (Å²) in [6.45, 7) is -0.580. The largest absolute Gasteiger partial charge is 0.583 e. The maximum absolute atomic E-state index is 11.9. The summed E-state index contributed by atoms with van der Waals surface area (Å²) in [6, 6.07) is 3.60. The van der Waals surface area contributed by atoms with Crippen molar-refractivity contribution < 1.29 is 24.7 Å². The Morgan fingerprint density at radius 1 is 1.37 bits per heavy atom. The quantitative estimate of drug-likeness (QED) is 0.546. The fourth-order valence-electron chi connectivity index (χ4n) is 4.58. The average molecular weight is 371 g/mol. The van der Waals surface area contributed by atoms with Crippen molar-refractivity contribution in [2.75, 3.05) is 13.1 Å². The molecular formula is C17H20BN4O5-. The fourth-order valence-corrected chi connectivity index (χ4v) is 4.58. The molecule has 1 aliphatic carbocycles. The highest BCUT2D eigenvalue weighted by Crippen LogP contribution is 2.62. The molecule has 10 heteroatoms. The number of ether oxygens (including phenoxy) is 1. The van der Waals surface area contributed by atoms with Crippen LogP contribution < -0.4 is 4.74 Å². The minimum atomic E-state index is -2.54. The number of nitrogens with zero attached hydrogens (tertiary/aromatic N) is 3. The van der Waals surface area contributed by atoms with Crippen LogP contribution >= 0.6 is 0 Å². The van der Waals surface area contributed by atoms with E-state index in [9.17, 15) is 19.9 Å². The molecule has 0 bridgehead atoms. The topological polar surface area (TPSA) is 132 Å². The predicted octanol–water partition coefficient (Wildman–Crippen LogP) is 0.146. The number of aromatic amines is 1. The monoisotopic (exact) mass is 371 g/mol. The maximum atomic E-state index is 11.9. The van der Waals surface area contributed by atoms with Crippen molar-refractivity contribution in [3.8, 4) is 5.75 Å². The van der Waals surface area contributed by atoms with Gasteiger partial charge in [0.15, 0.2) is 0 Å². The number of fused-ring (bicyclic) bond motifs is 3. The van der Waals surface area contributed by atoms with E-state index in [4.69, 9.17) is 4.74 Å². The SMILES string of the molecule is O=C(O)c1c(OC2CN(Cc3ncn[nH]3)C2)ccc2c1C[B-](O)(O)[C@@H]1C[C@H]21. The highest BCUT2D eigenvalue weighted by Gasteiger charge is 2.52. The predicted molar refractivity (Wildman–Crippen MR) is 94.5 cm³/mol. The first-order valence-corrected chi connectivity index (χ1v) is 9.16. The molecule has 3 heterocycles. The first-order valence-electron chi connectivity index (χ1n) is 9.16. The number of carbonyl (C=O) groups is 1. The van der Waals surface area contributed by atoms with E-state index in [1.54, 1.807) is 6.07 Å². The fraction of sp³-hybridized carbons (Fsp3) is 0.471. The molecule has 1 saturated heterocycles. The van der Waals surface area contributed by atoms with Crippen molar-refractivity contribution >= 4 is 12.5 Å². The molecule has 2 atom stereocenters. The van der Waals surface area contributed by atoms with E-state index >= 15 is 0 Å². The van der Waals surface area contributed by atoms with E-state index in [0.29, 0.717) is 37.4 Å². The minimum absolute atomic E-state index is 0.0163. The van der Waals surface area contributed by atoms with Gasteiger partial charge in [0.05, 0.1) is 6.54 Å². The second-order valence-corrected chi connectivity index (χ2v) is 7.90. The Balaban J connectivity index is 1.34. The lowest BCUT2D eigenvalue weighted by molar-refractivity contribution is 0.0121. The smallest absolute Gasteiger partial charge is 0.339 e. The molecule has 27 heavy (non-hydrogen) atoms. The highest BCUT2D eigenvalue weighted by atomic mass is 16.5. The molecule has 0 unspecified atom stereocenters. The number of benzene rings is 1. The summed E-state index contributed by atoms with van der Waals surface area (Å²) in [6.07, 6.45) is 2.04. The number of rotatable bonds is 5. The molecule has 1 aromatic carbocycles. The Labute approximate surface area is 155 Å². The van der Waals surface area contributed by atoms with Crippen molar-refractivity contribution in [3.05, 3.63) is 41.0 Å². The van der Waals surface area contributed by atoms with Crippen LogP contribution in [0.25, 0.3) is 0 Å². The second kappa shape index (κ2) is 5.78. The van der Waals surface area contributed by atoms with Gasteiger partial charge >= 0.3 is 5.97 Å². The van der Waals surface area contributed by atoms with Gasteiger partial charge in [-0.25, -0.2) is 9.78 Å². The van der Waals surface area contributed by atoms with Gasteiger partial charge < -0.3 is 19.9 Å². The second-order valence-electron chi connectivity index (χ2n) is 7.90. The Morgan fingerprint density at radius 3 is 2.89 bits per heavy atom. The van der Waals surface area contributed by atoms with E-state index in [1.807, 2.05) is 6.07 Å². The molecule has 1 aromatic heterocycles. The molecule has 2 aliphatic heterocycles. The van der Waals surface area contributed by atoms with Gasteiger partial charge in [-0.3, -0.25) is 10.00 Å². The van der Waals surface area contributed by atoms with E-state index in [2.05, 4.69) is 20.1 Å². The van der Waals surface area contributed by atoms with E-state index in [0.717, 1.165) is 11.4 Å². The average Bonchev–Trinajstić information content (AvgIpc) is 3.23. The van der Waals surface area contributed by atoms with Gasteiger partial charge in [0.2, 0.25) is 6.55 Å². The van der Waals surface area contributed by atoms with Crippen LogP contribution in [-0.2, 0) is 12.9 Å². The third kappa shape index (κ3) is 2.80. The van der Waals surface area contributed by atoms with Crippen LogP contribution in [0.1, 0.15) is 39.6 Å². The van der Waals surface area contributed by atoms with Gasteiger partial charge in [0.1, 0.15) is 29.6 Å². The molecule has 142 valence electrons. The molecule has 5 rings (SSSR count). The van der Waals surface area contributed by atoms with Gasteiger partial charge in [-0.05, 0) is 17.5 Å². The van der Waals surface area contributed by atoms with Crippen LogP contribution in [0.5, 0.6) is 5.75 Å². The van der Waals surface area contributed by atoms with Crippen LogP contribution in [0.15, 0.2) is 18.5 Å². The molecule has 0 spiro atoms. The summed E-state index contributed by atoms with van der Waals surface area (Å²) in [4.78, 5) is 18.1. The van der Waals surface area contributed by atoms with Gasteiger partial charge in [-0.2, -0.15) is 5.10 Å². The molecule has 4 N–H and O–H groups in total. The minimum Gasteiger partial charge on any atom is -0.583 e. The molecule has 2 fully saturated rings. The Hall–Kier alpha value is -2.43. The summed E-state index contributed by atoms with van der Waals surface area (Å²) in [5, 5.41) is 37.0. The summed E-state index contributed by atoms with van der Waals surface area (Å²) in [7, 11) is 0. The standard InChI is InChI=1S/C17H20BN4O5/c23-17(24)16-12-4-18(25,26)13-3-11(13)10(12)1-2-14(16)27-9-5-22(6-9)7-15-19-8-20-21-15/h1-2,8-9,11,13,25-26H,3-7H2,(H,23,24)(H,19,20,21)/q-1/t11-,13-/m1/s1. The summed E-state index contributed by atoms with van der Waals surface area (Å²) >= 11 is 0. The Kier molecular flexibility index (Phi) is 3.58. The van der Waals surface area contributed by atoms with Crippen molar-refractivity contribution in [3.63, 3.8) is 0 Å². The van der Waals surface area contributed by atoms with E-state index in [-0.39, 0.29) is 29.7 Å². The van der Waals surface area contributed by atoms with Crippen LogP contribution in [0, 0.1) is 0 Å². The van der Waals surface area contributed by atoms with Gasteiger partial charge in [-0.1, -0.05) is 24.4 Å². The molecule has 3 aliphatic rings. The van der Waals surface area contributed by atoms with Crippen molar-refractivity contribution in [1.82, 2.24) is 20.1 Å². The lowest BCUT2D eigenvalue weighted by Crippen LogP contribution is -2.53. The molecule has 0 radical (unpaired) electrons. The normalized spacial score (nSPS) is 26.0. The summed E-state index contributed by atoms with van der Waals surface area (Å²) < 4.78 is 5.95. The number of aromatic nitrogens is 3. The number of likely N-dealkylation sites (tertiary alicyclic amines) is 1. The van der Waals surface area contributed by atoms with Gasteiger partial charge in [-0.15, -0.1) is 5.82 Å². The Morgan fingerprint density at radius 2 is 2.19 bits per heavy atom. The first-order chi connectivity index (χ1) is 12.9. The van der Waals surface area contributed by atoms with Gasteiger partial charge in [0.25, 0.3) is 0 Å². The lowest BCUT2D eigenvalue weighted by Gasteiger charge is -2.39.